The van der Waals surface area contributed by atoms with Crippen LogP contribution in [0.4, 0.5) is 0 Å². The molecule has 0 saturated carbocycles. The average molecular weight is 385 g/mol. The van der Waals surface area contributed by atoms with Gasteiger partial charge in [-0.25, -0.2) is 13.1 Å². The second-order valence-electron chi connectivity index (χ2n) is 6.45. The highest BCUT2D eigenvalue weighted by Gasteiger charge is 2.24. The quantitative estimate of drug-likeness (QED) is 0.674. The smallest absolute Gasteiger partial charge is 0.244 e. The van der Waals surface area contributed by atoms with E-state index in [2.05, 4.69) is 9.82 Å². The van der Waals surface area contributed by atoms with E-state index in [0.29, 0.717) is 5.69 Å². The van der Waals surface area contributed by atoms with E-state index in [0.717, 1.165) is 16.9 Å². The zero-order chi connectivity index (χ0) is 19.4. The lowest BCUT2D eigenvalue weighted by Crippen LogP contribution is -2.23. The molecule has 0 atom stereocenters. The molecule has 0 amide bonds. The molecule has 0 bridgehead atoms. The molecule has 2 aromatic carbocycles. The lowest BCUT2D eigenvalue weighted by molar-refractivity contribution is 0.414. The number of rotatable bonds is 7. The molecule has 3 aromatic rings. The minimum atomic E-state index is -3.73. The Balaban J connectivity index is 1.90. The zero-order valence-electron chi connectivity index (χ0n) is 15.6. The number of hydrogen-bond donors (Lipinski definition) is 1. The first-order valence-corrected chi connectivity index (χ1v) is 10.2. The molecular formula is C20H23N3O3S. The van der Waals surface area contributed by atoms with Crippen molar-refractivity contribution < 1.29 is 13.2 Å². The van der Waals surface area contributed by atoms with Gasteiger partial charge in [-0.1, -0.05) is 42.5 Å². The van der Waals surface area contributed by atoms with E-state index >= 15 is 0 Å². The van der Waals surface area contributed by atoms with Gasteiger partial charge in [-0.3, -0.25) is 4.68 Å². The Bertz CT molecular complexity index is 995. The Labute approximate surface area is 159 Å². The first-order valence-electron chi connectivity index (χ1n) is 8.68. The predicted octanol–water partition coefficient (Wildman–Crippen LogP) is 3.62. The molecule has 1 aromatic heterocycles. The SMILES string of the molecule is COc1ccc(CNS(=O)(=O)c2cn(C(C)C)nc2-c2ccccc2)cc1. The van der Waals surface area contributed by atoms with E-state index in [4.69, 9.17) is 4.74 Å². The summed E-state index contributed by atoms with van der Waals surface area (Å²) in [5.41, 5.74) is 2.06. The molecule has 0 aliphatic heterocycles. The van der Waals surface area contributed by atoms with Gasteiger partial charge in [0.2, 0.25) is 10.0 Å². The van der Waals surface area contributed by atoms with Gasteiger partial charge >= 0.3 is 0 Å². The average Bonchev–Trinajstić information content (AvgIpc) is 3.14. The van der Waals surface area contributed by atoms with Crippen LogP contribution >= 0.6 is 0 Å². The van der Waals surface area contributed by atoms with Crippen molar-refractivity contribution in [2.75, 3.05) is 7.11 Å². The highest BCUT2D eigenvalue weighted by Crippen LogP contribution is 2.27. The Morgan fingerprint density at radius 2 is 1.74 bits per heavy atom. The summed E-state index contributed by atoms with van der Waals surface area (Å²) >= 11 is 0. The van der Waals surface area contributed by atoms with Crippen LogP contribution in [0.15, 0.2) is 65.7 Å². The number of ether oxygens (including phenoxy) is 1. The van der Waals surface area contributed by atoms with Crippen LogP contribution in [-0.2, 0) is 16.6 Å². The molecule has 7 heteroatoms. The molecular weight excluding hydrogens is 362 g/mol. The third kappa shape index (κ3) is 4.37. The van der Waals surface area contributed by atoms with E-state index in [9.17, 15) is 8.42 Å². The van der Waals surface area contributed by atoms with Crippen LogP contribution in [0.3, 0.4) is 0 Å². The number of hydrogen-bond acceptors (Lipinski definition) is 4. The van der Waals surface area contributed by atoms with Crippen molar-refractivity contribution in [3.05, 3.63) is 66.4 Å². The van der Waals surface area contributed by atoms with Crippen LogP contribution in [0.1, 0.15) is 25.5 Å². The number of nitrogens with zero attached hydrogens (tertiary/aromatic N) is 2. The summed E-state index contributed by atoms with van der Waals surface area (Å²) in [6, 6.07) is 16.7. The number of aromatic nitrogens is 2. The van der Waals surface area contributed by atoms with Gasteiger partial charge in [0, 0.05) is 24.3 Å². The topological polar surface area (TPSA) is 73.2 Å². The number of methoxy groups -OCH3 is 1. The number of nitrogens with one attached hydrogen (secondary N) is 1. The first-order chi connectivity index (χ1) is 12.9. The minimum Gasteiger partial charge on any atom is -0.497 e. The lowest BCUT2D eigenvalue weighted by Gasteiger charge is -2.08. The van der Waals surface area contributed by atoms with Crippen molar-refractivity contribution in [2.24, 2.45) is 0 Å². The summed E-state index contributed by atoms with van der Waals surface area (Å²) in [5, 5.41) is 4.50. The van der Waals surface area contributed by atoms with E-state index < -0.39 is 10.0 Å². The molecule has 6 nitrogen and oxygen atoms in total. The Morgan fingerprint density at radius 3 is 2.33 bits per heavy atom. The summed E-state index contributed by atoms with van der Waals surface area (Å²) in [6.07, 6.45) is 1.59. The molecule has 1 heterocycles. The molecule has 27 heavy (non-hydrogen) atoms. The van der Waals surface area contributed by atoms with Crippen LogP contribution in [0.5, 0.6) is 5.75 Å². The zero-order valence-corrected chi connectivity index (χ0v) is 16.4. The van der Waals surface area contributed by atoms with E-state index in [1.54, 1.807) is 30.1 Å². The van der Waals surface area contributed by atoms with Crippen molar-refractivity contribution >= 4 is 10.0 Å². The van der Waals surface area contributed by atoms with Crippen LogP contribution in [-0.4, -0.2) is 25.3 Å². The maximum absolute atomic E-state index is 13.0. The maximum Gasteiger partial charge on any atom is 0.244 e. The van der Waals surface area contributed by atoms with Crippen molar-refractivity contribution in [2.45, 2.75) is 31.3 Å². The molecule has 0 radical (unpaired) electrons. The largest absolute Gasteiger partial charge is 0.497 e. The summed E-state index contributed by atoms with van der Waals surface area (Å²) in [5.74, 6) is 0.728. The Kier molecular flexibility index (Phi) is 5.62. The summed E-state index contributed by atoms with van der Waals surface area (Å²) in [4.78, 5) is 0.177. The van der Waals surface area contributed by atoms with E-state index in [1.807, 2.05) is 56.3 Å². The van der Waals surface area contributed by atoms with Gasteiger partial charge in [-0.05, 0) is 31.5 Å². The predicted molar refractivity (Wildman–Crippen MR) is 105 cm³/mol. The summed E-state index contributed by atoms with van der Waals surface area (Å²) in [6.45, 7) is 4.11. The Hall–Kier alpha value is -2.64. The van der Waals surface area contributed by atoms with Crippen LogP contribution < -0.4 is 9.46 Å². The molecule has 0 aliphatic rings. The second kappa shape index (κ2) is 7.94. The van der Waals surface area contributed by atoms with Crippen LogP contribution in [0.2, 0.25) is 0 Å². The van der Waals surface area contributed by atoms with Crippen molar-refractivity contribution in [1.29, 1.82) is 0 Å². The standard InChI is InChI=1S/C20H23N3O3S/c1-15(2)23-14-19(20(22-23)17-7-5-4-6-8-17)27(24,25)21-13-16-9-11-18(26-3)12-10-16/h4-12,14-15,21H,13H2,1-3H3. The van der Waals surface area contributed by atoms with Gasteiger partial charge in [-0.15, -0.1) is 0 Å². The van der Waals surface area contributed by atoms with E-state index in [-0.39, 0.29) is 17.5 Å². The third-order valence-electron chi connectivity index (χ3n) is 4.19. The fraction of sp³-hybridized carbons (Fsp3) is 0.250. The molecule has 3 rings (SSSR count). The van der Waals surface area contributed by atoms with Gasteiger partial charge in [0.15, 0.2) is 0 Å². The molecule has 0 fully saturated rings. The second-order valence-corrected chi connectivity index (χ2v) is 8.19. The maximum atomic E-state index is 13.0. The van der Waals surface area contributed by atoms with Gasteiger partial charge < -0.3 is 4.74 Å². The van der Waals surface area contributed by atoms with Gasteiger partial charge in [0.1, 0.15) is 16.3 Å². The highest BCUT2D eigenvalue weighted by atomic mass is 32.2. The fourth-order valence-corrected chi connectivity index (χ4v) is 3.80. The summed E-state index contributed by atoms with van der Waals surface area (Å²) in [7, 11) is -2.14. The van der Waals surface area contributed by atoms with E-state index in [1.165, 1.54) is 0 Å². The first kappa shape index (κ1) is 19.1. The monoisotopic (exact) mass is 385 g/mol. The van der Waals surface area contributed by atoms with Gasteiger partial charge in [0.05, 0.1) is 7.11 Å². The van der Waals surface area contributed by atoms with Crippen molar-refractivity contribution in [1.82, 2.24) is 14.5 Å². The lowest BCUT2D eigenvalue weighted by atomic mass is 10.2. The van der Waals surface area contributed by atoms with Crippen molar-refractivity contribution in [3.63, 3.8) is 0 Å². The van der Waals surface area contributed by atoms with Crippen molar-refractivity contribution in [3.8, 4) is 17.0 Å². The Morgan fingerprint density at radius 1 is 1.07 bits per heavy atom. The molecule has 0 aliphatic carbocycles. The van der Waals surface area contributed by atoms with Gasteiger partial charge in [0.25, 0.3) is 0 Å². The molecule has 1 N–H and O–H groups in total. The summed E-state index contributed by atoms with van der Waals surface area (Å²) < 4.78 is 35.4. The molecule has 0 spiro atoms. The minimum absolute atomic E-state index is 0.0537. The van der Waals surface area contributed by atoms with Gasteiger partial charge in [-0.2, -0.15) is 5.10 Å². The fourth-order valence-electron chi connectivity index (χ4n) is 2.63. The number of sulfonamides is 1. The highest BCUT2D eigenvalue weighted by molar-refractivity contribution is 7.89. The number of benzene rings is 2. The molecule has 0 saturated heterocycles. The molecule has 142 valence electrons. The normalized spacial score (nSPS) is 11.7. The molecule has 0 unspecified atom stereocenters. The van der Waals surface area contributed by atoms with Crippen LogP contribution in [0.25, 0.3) is 11.3 Å². The van der Waals surface area contributed by atoms with Crippen LogP contribution in [0, 0.1) is 0 Å². The third-order valence-corrected chi connectivity index (χ3v) is 5.59.